The van der Waals surface area contributed by atoms with Crippen LogP contribution < -0.4 is 4.90 Å². The van der Waals surface area contributed by atoms with Gasteiger partial charge in [0.25, 0.3) is 0 Å². The van der Waals surface area contributed by atoms with Crippen LogP contribution in [0, 0.1) is 5.82 Å². The van der Waals surface area contributed by atoms with Crippen molar-refractivity contribution >= 4 is 0 Å². The third-order valence-electron chi connectivity index (χ3n) is 6.13. The molecule has 3 nitrogen and oxygen atoms in total. The van der Waals surface area contributed by atoms with E-state index in [1.165, 1.54) is 17.0 Å². The molecule has 1 fully saturated rings. The van der Waals surface area contributed by atoms with E-state index in [1.54, 1.807) is 12.1 Å². The van der Waals surface area contributed by atoms with E-state index in [0.717, 1.165) is 49.5 Å². The van der Waals surface area contributed by atoms with Crippen molar-refractivity contribution in [2.75, 3.05) is 32.8 Å². The van der Waals surface area contributed by atoms with Crippen molar-refractivity contribution in [3.05, 3.63) is 107 Å². The molecule has 3 aromatic rings. The molecule has 4 heteroatoms. The highest BCUT2D eigenvalue weighted by Gasteiger charge is 2.42. The van der Waals surface area contributed by atoms with Gasteiger partial charge in [-0.25, -0.2) is 4.39 Å². The molecule has 4 rings (SSSR count). The van der Waals surface area contributed by atoms with Gasteiger partial charge < -0.3 is 14.7 Å². The number of ether oxygens (including phenoxy) is 1. The first kappa shape index (κ1) is 20.7. The zero-order valence-corrected chi connectivity index (χ0v) is 17.1. The van der Waals surface area contributed by atoms with E-state index in [4.69, 9.17) is 4.74 Å². The molecule has 1 heterocycles. The molecular formula is C26H29FNO2+. The van der Waals surface area contributed by atoms with Crippen molar-refractivity contribution in [3.63, 3.8) is 0 Å². The van der Waals surface area contributed by atoms with Crippen LogP contribution in [0.4, 0.5) is 4.39 Å². The molecule has 1 saturated heterocycles. The maximum Gasteiger partial charge on any atom is 0.123 e. The third kappa shape index (κ3) is 4.78. The van der Waals surface area contributed by atoms with E-state index in [0.29, 0.717) is 6.42 Å². The van der Waals surface area contributed by atoms with Crippen LogP contribution in [-0.2, 0) is 16.8 Å². The number of benzene rings is 3. The lowest BCUT2D eigenvalue weighted by Gasteiger charge is -2.39. The SMILES string of the molecule is O[C@](Cc1ccccc1)(c1ccc(F)cc1)[C@@H](C[NH+]1CCOCC1)c1ccccc1. The fourth-order valence-electron chi connectivity index (χ4n) is 4.47. The highest BCUT2D eigenvalue weighted by molar-refractivity contribution is 5.34. The molecule has 1 aliphatic heterocycles. The monoisotopic (exact) mass is 406 g/mol. The molecule has 156 valence electrons. The van der Waals surface area contributed by atoms with Gasteiger partial charge in [-0.15, -0.1) is 0 Å². The second-order valence-electron chi connectivity index (χ2n) is 8.12. The number of nitrogens with one attached hydrogen (secondary N) is 1. The van der Waals surface area contributed by atoms with Crippen LogP contribution in [0.15, 0.2) is 84.9 Å². The first-order valence-corrected chi connectivity index (χ1v) is 10.6. The van der Waals surface area contributed by atoms with Gasteiger partial charge in [0.2, 0.25) is 0 Å². The van der Waals surface area contributed by atoms with E-state index in [-0.39, 0.29) is 11.7 Å². The topological polar surface area (TPSA) is 33.9 Å². The fourth-order valence-corrected chi connectivity index (χ4v) is 4.47. The van der Waals surface area contributed by atoms with Gasteiger partial charge in [-0.3, -0.25) is 0 Å². The zero-order valence-electron chi connectivity index (χ0n) is 17.1. The third-order valence-corrected chi connectivity index (χ3v) is 6.13. The van der Waals surface area contributed by atoms with Crippen LogP contribution in [0.1, 0.15) is 22.6 Å². The van der Waals surface area contributed by atoms with E-state index in [2.05, 4.69) is 12.1 Å². The van der Waals surface area contributed by atoms with Gasteiger partial charge in [0.05, 0.1) is 25.7 Å². The summed E-state index contributed by atoms with van der Waals surface area (Å²) in [6, 6.07) is 26.6. The lowest BCUT2D eigenvalue weighted by Crippen LogP contribution is -3.14. The number of rotatable bonds is 7. The zero-order chi connectivity index (χ0) is 20.8. The van der Waals surface area contributed by atoms with Crippen molar-refractivity contribution in [1.29, 1.82) is 0 Å². The minimum Gasteiger partial charge on any atom is -0.384 e. The van der Waals surface area contributed by atoms with Gasteiger partial charge in [-0.05, 0) is 28.8 Å². The molecule has 0 saturated carbocycles. The van der Waals surface area contributed by atoms with Crippen molar-refractivity contribution in [2.45, 2.75) is 17.9 Å². The maximum atomic E-state index is 13.7. The Labute approximate surface area is 177 Å². The van der Waals surface area contributed by atoms with Crippen molar-refractivity contribution in [2.24, 2.45) is 0 Å². The Bertz CT molecular complexity index is 911. The van der Waals surface area contributed by atoms with Gasteiger partial charge in [0, 0.05) is 6.42 Å². The van der Waals surface area contributed by atoms with Crippen molar-refractivity contribution in [1.82, 2.24) is 0 Å². The van der Waals surface area contributed by atoms with Gasteiger partial charge in [0.1, 0.15) is 24.5 Å². The first-order chi connectivity index (χ1) is 14.6. The molecule has 1 aliphatic rings. The quantitative estimate of drug-likeness (QED) is 0.633. The second kappa shape index (κ2) is 9.52. The van der Waals surface area contributed by atoms with Crippen LogP contribution in [0.5, 0.6) is 0 Å². The molecule has 3 aromatic carbocycles. The first-order valence-electron chi connectivity index (χ1n) is 10.6. The largest absolute Gasteiger partial charge is 0.384 e. The van der Waals surface area contributed by atoms with Crippen LogP contribution >= 0.6 is 0 Å². The molecule has 2 N–H and O–H groups in total. The maximum absolute atomic E-state index is 13.7. The summed E-state index contributed by atoms with van der Waals surface area (Å²) >= 11 is 0. The molecule has 30 heavy (non-hydrogen) atoms. The van der Waals surface area contributed by atoms with Crippen LogP contribution in [-0.4, -0.2) is 38.0 Å². The van der Waals surface area contributed by atoms with Crippen molar-refractivity contribution < 1.29 is 19.1 Å². The lowest BCUT2D eigenvalue weighted by molar-refractivity contribution is -0.910. The molecule has 2 atom stereocenters. The van der Waals surface area contributed by atoms with Gasteiger partial charge in [-0.2, -0.15) is 0 Å². The molecular weight excluding hydrogens is 377 g/mol. The molecule has 0 aliphatic carbocycles. The summed E-state index contributed by atoms with van der Waals surface area (Å²) in [6.45, 7) is 4.12. The Hall–Kier alpha value is -2.53. The van der Waals surface area contributed by atoms with Gasteiger partial charge in [-0.1, -0.05) is 72.8 Å². The van der Waals surface area contributed by atoms with E-state index < -0.39 is 5.60 Å². The molecule has 0 unspecified atom stereocenters. The average molecular weight is 407 g/mol. The molecule has 0 amide bonds. The van der Waals surface area contributed by atoms with Crippen LogP contribution in [0.3, 0.4) is 0 Å². The second-order valence-corrected chi connectivity index (χ2v) is 8.12. The number of halogens is 1. The smallest absolute Gasteiger partial charge is 0.123 e. The summed E-state index contributed by atoms with van der Waals surface area (Å²) in [6.07, 6.45) is 0.461. The predicted octanol–water partition coefficient (Wildman–Crippen LogP) is 2.95. The van der Waals surface area contributed by atoms with Gasteiger partial charge >= 0.3 is 0 Å². The molecule has 0 radical (unpaired) electrons. The molecule has 0 bridgehead atoms. The highest BCUT2D eigenvalue weighted by Crippen LogP contribution is 2.39. The minimum atomic E-state index is -1.16. The Balaban J connectivity index is 1.77. The van der Waals surface area contributed by atoms with E-state index >= 15 is 0 Å². The highest BCUT2D eigenvalue weighted by atomic mass is 19.1. The lowest BCUT2D eigenvalue weighted by atomic mass is 9.73. The summed E-state index contributed by atoms with van der Waals surface area (Å²) in [5.41, 5.74) is 1.73. The number of aliphatic hydroxyl groups is 1. The normalized spacial score (nSPS) is 17.9. The predicted molar refractivity (Wildman–Crippen MR) is 116 cm³/mol. The van der Waals surface area contributed by atoms with E-state index in [1.807, 2.05) is 48.5 Å². The van der Waals surface area contributed by atoms with Gasteiger partial charge in [0.15, 0.2) is 0 Å². The number of hydrogen-bond donors (Lipinski definition) is 2. The van der Waals surface area contributed by atoms with E-state index in [9.17, 15) is 9.50 Å². The van der Waals surface area contributed by atoms with Crippen LogP contribution in [0.2, 0.25) is 0 Å². The summed E-state index contributed by atoms with van der Waals surface area (Å²) < 4.78 is 19.2. The van der Waals surface area contributed by atoms with Crippen molar-refractivity contribution in [3.8, 4) is 0 Å². The average Bonchev–Trinajstić information content (AvgIpc) is 2.80. The summed E-state index contributed by atoms with van der Waals surface area (Å²) in [7, 11) is 0. The van der Waals surface area contributed by atoms with Crippen LogP contribution in [0.25, 0.3) is 0 Å². The number of hydrogen-bond acceptors (Lipinski definition) is 2. The summed E-state index contributed by atoms with van der Waals surface area (Å²) in [5, 5.41) is 12.3. The Morgan fingerprint density at radius 3 is 2.10 bits per heavy atom. The Kier molecular flexibility index (Phi) is 6.58. The fraction of sp³-hybridized carbons (Fsp3) is 0.308. The Morgan fingerprint density at radius 2 is 1.47 bits per heavy atom. The molecule has 0 aromatic heterocycles. The number of quaternary nitrogens is 1. The summed E-state index contributed by atoms with van der Waals surface area (Å²) in [5.74, 6) is -0.437. The Morgan fingerprint density at radius 1 is 0.867 bits per heavy atom. The number of morpholine rings is 1. The standard InChI is InChI=1S/C26H28FNO2/c27-24-13-11-23(12-14-24)26(29,19-21-7-3-1-4-8-21)25(22-9-5-2-6-10-22)20-28-15-17-30-18-16-28/h1-14,25,29H,15-20H2/p+1/t25-,26+/m0/s1. The summed E-state index contributed by atoms with van der Waals surface area (Å²) in [4.78, 5) is 1.42. The minimum absolute atomic E-state index is 0.141. The molecule has 0 spiro atoms.